The molecule has 0 fully saturated rings. The lowest BCUT2D eigenvalue weighted by Crippen LogP contribution is -2.30. The zero-order valence-corrected chi connectivity index (χ0v) is 11.6. The van der Waals surface area contributed by atoms with Gasteiger partial charge < -0.3 is 14.6 Å². The van der Waals surface area contributed by atoms with Crippen molar-refractivity contribution in [2.24, 2.45) is 0 Å². The average Bonchev–Trinajstić information content (AvgIpc) is 2.78. The number of carbonyl (C=O) groups is 1. The fraction of sp³-hybridized carbons (Fsp3) is 0.357. The maximum atomic E-state index is 11.8. The van der Waals surface area contributed by atoms with Gasteiger partial charge in [-0.15, -0.1) is 0 Å². The van der Waals surface area contributed by atoms with E-state index in [0.717, 1.165) is 10.9 Å². The number of aryl methyl sites for hydroxylation is 1. The first-order chi connectivity index (χ1) is 9.11. The van der Waals surface area contributed by atoms with Crippen LogP contribution in [0.2, 0.25) is 5.02 Å². The molecule has 102 valence electrons. The van der Waals surface area contributed by atoms with Gasteiger partial charge in [0.05, 0.1) is 6.61 Å². The number of nitrogens with zero attached hydrogens (tertiary/aromatic N) is 2. The number of halogens is 1. The highest BCUT2D eigenvalue weighted by Gasteiger charge is 2.09. The van der Waals surface area contributed by atoms with Crippen molar-refractivity contribution in [3.05, 3.63) is 35.5 Å². The smallest absolute Gasteiger partial charge is 0.224 e. The third-order valence-electron chi connectivity index (χ3n) is 3.16. The first-order valence-corrected chi connectivity index (χ1v) is 6.59. The number of fused-ring (bicyclic) bond motifs is 1. The van der Waals surface area contributed by atoms with E-state index in [1.807, 2.05) is 35.0 Å². The van der Waals surface area contributed by atoms with Gasteiger partial charge in [-0.2, -0.15) is 0 Å². The Hall–Kier alpha value is -1.52. The lowest BCUT2D eigenvalue weighted by atomic mass is 10.2. The van der Waals surface area contributed by atoms with Gasteiger partial charge >= 0.3 is 0 Å². The summed E-state index contributed by atoms with van der Waals surface area (Å²) in [5, 5.41) is 10.6. The van der Waals surface area contributed by atoms with E-state index in [1.54, 1.807) is 11.9 Å². The number of rotatable bonds is 5. The Morgan fingerprint density at radius 3 is 2.95 bits per heavy atom. The molecule has 2 aromatic rings. The number of likely N-dealkylation sites (N-methyl/N-ethyl adjacent to an activating group) is 1. The van der Waals surface area contributed by atoms with E-state index in [0.29, 0.717) is 24.5 Å². The van der Waals surface area contributed by atoms with Gasteiger partial charge in [0.15, 0.2) is 0 Å². The van der Waals surface area contributed by atoms with Crippen LogP contribution in [0.15, 0.2) is 30.5 Å². The Bertz CT molecular complexity index is 580. The van der Waals surface area contributed by atoms with Crippen LogP contribution in [0.25, 0.3) is 10.9 Å². The predicted octanol–water partition coefficient (Wildman–Crippen LogP) is 2.14. The minimum absolute atomic E-state index is 0.00962. The third kappa shape index (κ3) is 3.28. The fourth-order valence-corrected chi connectivity index (χ4v) is 2.20. The molecule has 19 heavy (non-hydrogen) atoms. The Morgan fingerprint density at radius 1 is 1.42 bits per heavy atom. The molecule has 0 saturated carbocycles. The summed E-state index contributed by atoms with van der Waals surface area (Å²) in [6.07, 6.45) is 2.37. The Labute approximate surface area is 117 Å². The van der Waals surface area contributed by atoms with Gasteiger partial charge in [-0.05, 0) is 23.6 Å². The van der Waals surface area contributed by atoms with E-state index < -0.39 is 0 Å². The molecule has 0 aliphatic heterocycles. The van der Waals surface area contributed by atoms with Crippen LogP contribution in [0.5, 0.6) is 0 Å². The Kier molecular flexibility index (Phi) is 4.45. The van der Waals surface area contributed by atoms with Crippen molar-refractivity contribution in [1.82, 2.24) is 9.47 Å². The fourth-order valence-electron chi connectivity index (χ4n) is 2.03. The second-order valence-electron chi connectivity index (χ2n) is 4.50. The van der Waals surface area contributed by atoms with Crippen molar-refractivity contribution in [2.45, 2.75) is 13.0 Å². The van der Waals surface area contributed by atoms with E-state index in [1.165, 1.54) is 0 Å². The minimum atomic E-state index is -0.00962. The van der Waals surface area contributed by atoms with Gasteiger partial charge in [0.1, 0.15) is 0 Å². The molecule has 0 spiro atoms. The van der Waals surface area contributed by atoms with Crippen LogP contribution in [-0.2, 0) is 11.3 Å². The van der Waals surface area contributed by atoms with Crippen molar-refractivity contribution in [1.29, 1.82) is 0 Å². The molecule has 0 saturated heterocycles. The second kappa shape index (κ2) is 6.08. The third-order valence-corrected chi connectivity index (χ3v) is 3.40. The summed E-state index contributed by atoms with van der Waals surface area (Å²) in [4.78, 5) is 13.3. The summed E-state index contributed by atoms with van der Waals surface area (Å²) in [7, 11) is 1.70. The number of hydrogen-bond donors (Lipinski definition) is 1. The molecule has 1 amide bonds. The number of aliphatic hydroxyl groups excluding tert-OH is 1. The quantitative estimate of drug-likeness (QED) is 0.912. The van der Waals surface area contributed by atoms with Gasteiger partial charge in [-0.3, -0.25) is 4.79 Å². The van der Waals surface area contributed by atoms with Crippen LogP contribution in [0.4, 0.5) is 0 Å². The van der Waals surface area contributed by atoms with Crippen molar-refractivity contribution < 1.29 is 9.90 Å². The molecule has 1 N–H and O–H groups in total. The molecule has 0 atom stereocenters. The first kappa shape index (κ1) is 13.9. The molecule has 2 rings (SSSR count). The highest BCUT2D eigenvalue weighted by Crippen LogP contribution is 2.20. The molecule has 0 unspecified atom stereocenters. The zero-order chi connectivity index (χ0) is 13.8. The molecule has 4 nitrogen and oxygen atoms in total. The van der Waals surface area contributed by atoms with E-state index in [2.05, 4.69) is 0 Å². The normalized spacial score (nSPS) is 10.9. The summed E-state index contributed by atoms with van der Waals surface area (Å²) < 4.78 is 2.02. The number of hydrogen-bond acceptors (Lipinski definition) is 2. The number of aliphatic hydroxyl groups is 1. The van der Waals surface area contributed by atoms with Gasteiger partial charge in [0, 0.05) is 43.3 Å². The molecular weight excluding hydrogens is 264 g/mol. The first-order valence-electron chi connectivity index (χ1n) is 6.21. The molecule has 1 heterocycles. The molecule has 0 aliphatic rings. The topological polar surface area (TPSA) is 45.5 Å². The average molecular weight is 281 g/mol. The molecule has 1 aromatic heterocycles. The van der Waals surface area contributed by atoms with Crippen LogP contribution < -0.4 is 0 Å². The Morgan fingerprint density at radius 2 is 2.21 bits per heavy atom. The maximum Gasteiger partial charge on any atom is 0.224 e. The SMILES string of the molecule is CN(CCO)C(=O)CCn1ccc2ccc(Cl)cc21. The number of aromatic nitrogens is 1. The number of benzene rings is 1. The number of carbonyl (C=O) groups excluding carboxylic acids is 1. The predicted molar refractivity (Wildman–Crippen MR) is 76.3 cm³/mol. The van der Waals surface area contributed by atoms with Gasteiger partial charge in [0.2, 0.25) is 5.91 Å². The molecule has 5 heteroatoms. The highest BCUT2D eigenvalue weighted by atomic mass is 35.5. The van der Waals surface area contributed by atoms with Gasteiger partial charge in [0.25, 0.3) is 0 Å². The van der Waals surface area contributed by atoms with Crippen LogP contribution in [0.1, 0.15) is 6.42 Å². The molecular formula is C14H17ClN2O2. The van der Waals surface area contributed by atoms with Crippen LogP contribution in [0, 0.1) is 0 Å². The van der Waals surface area contributed by atoms with Crippen molar-refractivity contribution in [2.75, 3.05) is 20.2 Å². The standard InChI is InChI=1S/C14H17ClN2O2/c1-16(8-9-18)14(19)5-7-17-6-4-11-2-3-12(15)10-13(11)17/h2-4,6,10,18H,5,7-9H2,1H3. The van der Waals surface area contributed by atoms with Gasteiger partial charge in [-0.25, -0.2) is 0 Å². The van der Waals surface area contributed by atoms with Crippen LogP contribution in [0.3, 0.4) is 0 Å². The lowest BCUT2D eigenvalue weighted by Gasteiger charge is -2.15. The van der Waals surface area contributed by atoms with E-state index in [9.17, 15) is 4.79 Å². The van der Waals surface area contributed by atoms with Crippen molar-refractivity contribution in [3.63, 3.8) is 0 Å². The van der Waals surface area contributed by atoms with E-state index in [-0.39, 0.29) is 12.5 Å². The van der Waals surface area contributed by atoms with Crippen LogP contribution in [-0.4, -0.2) is 40.7 Å². The van der Waals surface area contributed by atoms with Crippen LogP contribution >= 0.6 is 11.6 Å². The maximum absolute atomic E-state index is 11.8. The minimum Gasteiger partial charge on any atom is -0.395 e. The monoisotopic (exact) mass is 280 g/mol. The highest BCUT2D eigenvalue weighted by molar-refractivity contribution is 6.31. The largest absolute Gasteiger partial charge is 0.395 e. The van der Waals surface area contributed by atoms with Crippen molar-refractivity contribution in [3.8, 4) is 0 Å². The van der Waals surface area contributed by atoms with E-state index in [4.69, 9.17) is 16.7 Å². The molecule has 0 radical (unpaired) electrons. The zero-order valence-electron chi connectivity index (χ0n) is 10.8. The molecule has 1 aromatic carbocycles. The number of amides is 1. The summed E-state index contributed by atoms with van der Waals surface area (Å²) in [5.41, 5.74) is 1.03. The summed E-state index contributed by atoms with van der Waals surface area (Å²) in [6.45, 7) is 0.972. The summed E-state index contributed by atoms with van der Waals surface area (Å²) in [6, 6.07) is 7.73. The Balaban J connectivity index is 2.06. The second-order valence-corrected chi connectivity index (χ2v) is 4.94. The van der Waals surface area contributed by atoms with E-state index >= 15 is 0 Å². The van der Waals surface area contributed by atoms with Crippen molar-refractivity contribution >= 4 is 28.4 Å². The summed E-state index contributed by atoms with van der Waals surface area (Å²) in [5.74, 6) is 0.0259. The molecule has 0 bridgehead atoms. The lowest BCUT2D eigenvalue weighted by molar-refractivity contribution is -0.130. The summed E-state index contributed by atoms with van der Waals surface area (Å²) >= 11 is 5.99. The molecule has 0 aliphatic carbocycles. The van der Waals surface area contributed by atoms with Gasteiger partial charge in [-0.1, -0.05) is 17.7 Å².